The minimum absolute atomic E-state index is 0.00768. The number of amides is 3. The van der Waals surface area contributed by atoms with Gasteiger partial charge in [-0.05, 0) is 36.0 Å². The maximum absolute atomic E-state index is 12.2. The number of thiazole rings is 1. The van der Waals surface area contributed by atoms with Crippen molar-refractivity contribution < 1.29 is 14.4 Å². The van der Waals surface area contributed by atoms with Crippen molar-refractivity contribution in [1.82, 2.24) is 15.8 Å². The molecule has 1 aliphatic rings. The second kappa shape index (κ2) is 8.10. The van der Waals surface area contributed by atoms with Crippen molar-refractivity contribution in [2.24, 2.45) is 5.92 Å². The van der Waals surface area contributed by atoms with Gasteiger partial charge in [0.15, 0.2) is 5.13 Å². The van der Waals surface area contributed by atoms with Crippen LogP contribution in [0.15, 0.2) is 29.6 Å². The Morgan fingerprint density at radius 2 is 1.79 bits per heavy atom. The van der Waals surface area contributed by atoms with Gasteiger partial charge in [0.25, 0.3) is 5.91 Å². The number of carbonyl (C=O) groups excluding carboxylic acids is 3. The van der Waals surface area contributed by atoms with Crippen LogP contribution >= 0.6 is 11.3 Å². The first-order valence-corrected chi connectivity index (χ1v) is 10.1. The smallest absolute Gasteiger partial charge is 0.269 e. The molecule has 1 saturated carbocycles. The molecule has 28 heavy (non-hydrogen) atoms. The first kappa shape index (κ1) is 20.0. The summed E-state index contributed by atoms with van der Waals surface area (Å²) >= 11 is 1.28. The fraction of sp³-hybridized carbons (Fsp3) is 0.400. The van der Waals surface area contributed by atoms with Gasteiger partial charge in [-0.1, -0.05) is 32.9 Å². The Labute approximate surface area is 167 Å². The normalized spacial score (nSPS) is 13.7. The SMILES string of the molecule is CC(C)(C)c1ccc(C(=O)NNC(=O)Cc2csc(NC(=O)C3CC3)n2)cc1. The number of aromatic nitrogens is 1. The van der Waals surface area contributed by atoms with E-state index < -0.39 is 0 Å². The molecule has 0 radical (unpaired) electrons. The summed E-state index contributed by atoms with van der Waals surface area (Å²) in [5, 5.41) is 4.96. The molecule has 0 aliphatic heterocycles. The molecular weight excluding hydrogens is 376 g/mol. The molecule has 1 aromatic heterocycles. The zero-order valence-electron chi connectivity index (χ0n) is 16.2. The first-order chi connectivity index (χ1) is 13.2. The van der Waals surface area contributed by atoms with Crippen molar-refractivity contribution in [3.8, 4) is 0 Å². The maximum atomic E-state index is 12.2. The van der Waals surface area contributed by atoms with Gasteiger partial charge in [0.1, 0.15) is 0 Å². The summed E-state index contributed by atoms with van der Waals surface area (Å²) in [7, 11) is 0. The fourth-order valence-corrected chi connectivity index (χ4v) is 3.24. The van der Waals surface area contributed by atoms with Gasteiger partial charge in [-0.15, -0.1) is 11.3 Å². The van der Waals surface area contributed by atoms with Crippen LogP contribution in [0.3, 0.4) is 0 Å². The van der Waals surface area contributed by atoms with Crippen LogP contribution in [0.4, 0.5) is 5.13 Å². The van der Waals surface area contributed by atoms with E-state index in [1.165, 1.54) is 11.3 Å². The maximum Gasteiger partial charge on any atom is 0.269 e. The molecule has 1 fully saturated rings. The molecule has 3 N–H and O–H groups in total. The van der Waals surface area contributed by atoms with Crippen LogP contribution in [0.1, 0.15) is 55.2 Å². The highest BCUT2D eigenvalue weighted by atomic mass is 32.1. The van der Waals surface area contributed by atoms with Gasteiger partial charge in [-0.3, -0.25) is 25.2 Å². The number of carbonyl (C=O) groups is 3. The Morgan fingerprint density at radius 1 is 1.11 bits per heavy atom. The van der Waals surface area contributed by atoms with Gasteiger partial charge in [0.2, 0.25) is 11.8 Å². The van der Waals surface area contributed by atoms with Crippen molar-refractivity contribution in [2.75, 3.05) is 5.32 Å². The highest BCUT2D eigenvalue weighted by Gasteiger charge is 2.30. The Bertz CT molecular complexity index is 880. The van der Waals surface area contributed by atoms with Crippen molar-refractivity contribution in [3.63, 3.8) is 0 Å². The molecule has 0 saturated heterocycles. The van der Waals surface area contributed by atoms with Crippen LogP contribution in [0.25, 0.3) is 0 Å². The summed E-state index contributed by atoms with van der Waals surface area (Å²) in [6.07, 6.45) is 1.86. The van der Waals surface area contributed by atoms with Gasteiger partial charge in [-0.25, -0.2) is 4.98 Å². The third kappa shape index (κ3) is 5.39. The molecule has 0 unspecified atom stereocenters. The van der Waals surface area contributed by atoms with Crippen LogP contribution in [0.5, 0.6) is 0 Å². The Morgan fingerprint density at radius 3 is 2.39 bits per heavy atom. The molecule has 3 rings (SSSR count). The minimum Gasteiger partial charge on any atom is -0.302 e. The van der Waals surface area contributed by atoms with Crippen LogP contribution in [0, 0.1) is 5.92 Å². The van der Waals surface area contributed by atoms with Crippen molar-refractivity contribution >= 4 is 34.2 Å². The molecule has 7 nitrogen and oxygen atoms in total. The zero-order chi connectivity index (χ0) is 20.3. The Kier molecular flexibility index (Phi) is 5.79. The van der Waals surface area contributed by atoms with Crippen molar-refractivity contribution in [2.45, 2.75) is 45.4 Å². The first-order valence-electron chi connectivity index (χ1n) is 9.17. The number of nitrogens with one attached hydrogen (secondary N) is 3. The highest BCUT2D eigenvalue weighted by Crippen LogP contribution is 2.30. The third-order valence-corrected chi connectivity index (χ3v) is 5.21. The molecule has 1 aromatic carbocycles. The summed E-state index contributed by atoms with van der Waals surface area (Å²) in [5.74, 6) is -0.687. The number of rotatable bonds is 5. The molecule has 1 heterocycles. The van der Waals surface area contributed by atoms with Crippen LogP contribution < -0.4 is 16.2 Å². The lowest BCUT2D eigenvalue weighted by Gasteiger charge is -2.19. The molecule has 0 bridgehead atoms. The van der Waals surface area contributed by atoms with E-state index in [0.29, 0.717) is 16.4 Å². The topological polar surface area (TPSA) is 100 Å². The molecule has 0 atom stereocenters. The van der Waals surface area contributed by atoms with Gasteiger partial charge in [0.05, 0.1) is 12.1 Å². The molecule has 2 aromatic rings. The van der Waals surface area contributed by atoms with Crippen LogP contribution in [-0.4, -0.2) is 22.7 Å². The monoisotopic (exact) mass is 400 g/mol. The second-order valence-corrected chi connectivity index (χ2v) is 8.77. The molecular formula is C20H24N4O3S. The van der Waals surface area contributed by atoms with Gasteiger partial charge in [-0.2, -0.15) is 0 Å². The van der Waals surface area contributed by atoms with Crippen molar-refractivity contribution in [1.29, 1.82) is 0 Å². The summed E-state index contributed by atoms with van der Waals surface area (Å²) in [5.41, 5.74) is 6.94. The number of nitrogens with zero attached hydrogens (tertiary/aromatic N) is 1. The predicted molar refractivity (Wildman–Crippen MR) is 108 cm³/mol. The van der Waals surface area contributed by atoms with E-state index in [9.17, 15) is 14.4 Å². The summed E-state index contributed by atoms with van der Waals surface area (Å²) < 4.78 is 0. The number of benzene rings is 1. The van der Waals surface area contributed by atoms with E-state index in [4.69, 9.17) is 0 Å². The highest BCUT2D eigenvalue weighted by molar-refractivity contribution is 7.13. The van der Waals surface area contributed by atoms with E-state index in [-0.39, 0.29) is 35.5 Å². The Balaban J connectivity index is 1.46. The lowest BCUT2D eigenvalue weighted by Crippen LogP contribution is -2.42. The standard InChI is InChI=1S/C20H24N4O3S/c1-20(2,3)14-8-6-13(7-9-14)18(27)24-23-16(25)10-15-11-28-19(21-15)22-17(26)12-4-5-12/h6-9,11-12H,4-5,10H2,1-3H3,(H,23,25)(H,24,27)(H,21,22,26). The average molecular weight is 401 g/mol. The zero-order valence-corrected chi connectivity index (χ0v) is 17.0. The number of hydrogen-bond acceptors (Lipinski definition) is 5. The van der Waals surface area contributed by atoms with E-state index in [1.54, 1.807) is 17.5 Å². The average Bonchev–Trinajstić information content (AvgIpc) is 3.41. The number of anilines is 1. The largest absolute Gasteiger partial charge is 0.302 e. The molecule has 1 aliphatic carbocycles. The van der Waals surface area contributed by atoms with Gasteiger partial charge >= 0.3 is 0 Å². The Hall–Kier alpha value is -2.74. The molecule has 0 spiro atoms. The van der Waals surface area contributed by atoms with E-state index in [0.717, 1.165) is 18.4 Å². The van der Waals surface area contributed by atoms with E-state index in [2.05, 4.69) is 41.9 Å². The summed E-state index contributed by atoms with van der Waals surface area (Å²) in [6, 6.07) is 7.28. The third-order valence-electron chi connectivity index (χ3n) is 4.40. The van der Waals surface area contributed by atoms with Gasteiger partial charge < -0.3 is 5.32 Å². The van der Waals surface area contributed by atoms with Crippen molar-refractivity contribution in [3.05, 3.63) is 46.5 Å². The summed E-state index contributed by atoms with van der Waals surface area (Å²) in [4.78, 5) is 40.2. The lowest BCUT2D eigenvalue weighted by atomic mass is 9.87. The number of hydrogen-bond donors (Lipinski definition) is 3. The molecule has 148 valence electrons. The minimum atomic E-state index is -0.385. The van der Waals surface area contributed by atoms with E-state index >= 15 is 0 Å². The predicted octanol–water partition coefficient (Wildman–Crippen LogP) is 2.79. The molecule has 3 amide bonds. The second-order valence-electron chi connectivity index (χ2n) is 7.91. The lowest BCUT2D eigenvalue weighted by molar-refractivity contribution is -0.121. The van der Waals surface area contributed by atoms with Crippen LogP contribution in [0.2, 0.25) is 0 Å². The molecule has 8 heteroatoms. The fourth-order valence-electron chi connectivity index (χ4n) is 2.53. The quantitative estimate of drug-likeness (QED) is 0.672. The summed E-state index contributed by atoms with van der Waals surface area (Å²) in [6.45, 7) is 6.30. The van der Waals surface area contributed by atoms with E-state index in [1.807, 2.05) is 12.1 Å². The van der Waals surface area contributed by atoms with Crippen LogP contribution in [-0.2, 0) is 21.4 Å². The number of hydrazine groups is 1. The van der Waals surface area contributed by atoms with Gasteiger partial charge in [0, 0.05) is 16.9 Å².